The third-order valence-electron chi connectivity index (χ3n) is 12.7. The third-order valence-corrected chi connectivity index (χ3v) is 12.7. The Morgan fingerprint density at radius 3 is 0.897 bits per heavy atom. The quantitative estimate of drug-likeness (QED) is 0.0262. The molecule has 0 aromatic carbocycles. The summed E-state index contributed by atoms with van der Waals surface area (Å²) < 4.78 is 16.8. The maximum absolute atomic E-state index is 12.8. The number of allylic oxidation sites excluding steroid dienone is 10. The minimum absolute atomic E-state index is 0.0812. The number of esters is 3. The van der Waals surface area contributed by atoms with Gasteiger partial charge in [-0.15, -0.1) is 0 Å². The predicted octanol–water partition coefficient (Wildman–Crippen LogP) is 19.6. The normalized spacial score (nSPS) is 12.5. The number of rotatable bonds is 53. The second-order valence-electron chi connectivity index (χ2n) is 19.5. The van der Waals surface area contributed by atoms with Crippen LogP contribution in [0, 0.1) is 0 Å². The Balaban J connectivity index is 4.15. The second kappa shape index (κ2) is 56.7. The molecular formula is C62H110O6. The maximum atomic E-state index is 12.8. The van der Waals surface area contributed by atoms with Crippen molar-refractivity contribution in [3.8, 4) is 0 Å². The zero-order chi connectivity index (χ0) is 49.3. The fourth-order valence-corrected chi connectivity index (χ4v) is 8.28. The van der Waals surface area contributed by atoms with Gasteiger partial charge in [-0.1, -0.05) is 242 Å². The summed E-state index contributed by atoms with van der Waals surface area (Å²) in [7, 11) is 0. The van der Waals surface area contributed by atoms with Gasteiger partial charge >= 0.3 is 17.9 Å². The Morgan fingerprint density at radius 2 is 0.559 bits per heavy atom. The fourth-order valence-electron chi connectivity index (χ4n) is 8.28. The van der Waals surface area contributed by atoms with E-state index in [1.54, 1.807) is 0 Å². The Hall–Kier alpha value is -2.89. The van der Waals surface area contributed by atoms with E-state index in [0.29, 0.717) is 19.3 Å². The lowest BCUT2D eigenvalue weighted by molar-refractivity contribution is -0.167. The molecule has 0 N–H and O–H groups in total. The Morgan fingerprint density at radius 1 is 0.294 bits per heavy atom. The van der Waals surface area contributed by atoms with E-state index >= 15 is 0 Å². The molecule has 0 spiro atoms. The molecule has 0 fully saturated rings. The summed E-state index contributed by atoms with van der Waals surface area (Å²) in [6.45, 7) is 6.50. The first kappa shape index (κ1) is 65.1. The van der Waals surface area contributed by atoms with Crippen molar-refractivity contribution < 1.29 is 28.6 Å². The highest BCUT2D eigenvalue weighted by Crippen LogP contribution is 2.16. The van der Waals surface area contributed by atoms with Crippen LogP contribution in [0.15, 0.2) is 60.8 Å². The summed E-state index contributed by atoms with van der Waals surface area (Å²) >= 11 is 0. The summed E-state index contributed by atoms with van der Waals surface area (Å²) in [5, 5.41) is 0. The average molecular weight is 952 g/mol. The van der Waals surface area contributed by atoms with Crippen LogP contribution in [0.25, 0.3) is 0 Å². The highest BCUT2D eigenvalue weighted by molar-refractivity contribution is 5.71. The lowest BCUT2D eigenvalue weighted by Gasteiger charge is -2.18. The lowest BCUT2D eigenvalue weighted by Crippen LogP contribution is -2.30. The van der Waals surface area contributed by atoms with Gasteiger partial charge in [-0.05, 0) is 96.3 Å². The van der Waals surface area contributed by atoms with E-state index in [1.165, 1.54) is 148 Å². The number of ether oxygens (including phenoxy) is 3. The van der Waals surface area contributed by atoms with Gasteiger partial charge in [-0.3, -0.25) is 14.4 Å². The van der Waals surface area contributed by atoms with Crippen LogP contribution in [-0.4, -0.2) is 37.2 Å². The van der Waals surface area contributed by atoms with Crippen LogP contribution >= 0.6 is 0 Å². The van der Waals surface area contributed by atoms with E-state index in [0.717, 1.165) is 109 Å². The number of hydrogen-bond acceptors (Lipinski definition) is 6. The zero-order valence-corrected chi connectivity index (χ0v) is 45.1. The molecule has 1 unspecified atom stereocenters. The lowest BCUT2D eigenvalue weighted by atomic mass is 10.0. The van der Waals surface area contributed by atoms with Crippen LogP contribution in [-0.2, 0) is 28.6 Å². The molecule has 0 bridgehead atoms. The van der Waals surface area contributed by atoms with E-state index in [1.807, 2.05) is 0 Å². The van der Waals surface area contributed by atoms with E-state index < -0.39 is 6.10 Å². The summed E-state index contributed by atoms with van der Waals surface area (Å²) in [6.07, 6.45) is 70.9. The van der Waals surface area contributed by atoms with Gasteiger partial charge in [0.2, 0.25) is 0 Å². The first-order chi connectivity index (χ1) is 33.5. The van der Waals surface area contributed by atoms with E-state index in [-0.39, 0.29) is 31.1 Å². The van der Waals surface area contributed by atoms with Crippen molar-refractivity contribution in [2.24, 2.45) is 0 Å². The topological polar surface area (TPSA) is 78.9 Å². The van der Waals surface area contributed by atoms with Crippen LogP contribution in [0.1, 0.15) is 297 Å². The molecule has 1 atom stereocenters. The molecule has 0 radical (unpaired) electrons. The standard InChI is InChI=1S/C62H110O6/c1-4-7-10-13-16-19-22-24-25-26-27-28-29-30-31-32-33-34-35-36-37-39-40-43-46-49-52-55-61(64)67-58-59(57-66-60(63)54-51-48-45-42-21-18-15-12-9-6-3)68-62(65)56-53-50-47-44-41-38-23-20-17-14-11-8-5-2/h11-12,14-15,20,22-24,26-27,59H,4-10,13,16-19,21,25,28-58H2,1-3H3/b14-11-,15-12-,23-20-,24-22-,27-26-. The second-order valence-corrected chi connectivity index (χ2v) is 19.5. The molecule has 0 amide bonds. The van der Waals surface area contributed by atoms with E-state index in [9.17, 15) is 14.4 Å². The number of unbranched alkanes of at least 4 members (excludes halogenated alkanes) is 32. The third kappa shape index (κ3) is 54.1. The van der Waals surface area contributed by atoms with E-state index in [4.69, 9.17) is 14.2 Å². The van der Waals surface area contributed by atoms with Crippen molar-refractivity contribution in [2.75, 3.05) is 13.2 Å². The maximum Gasteiger partial charge on any atom is 0.306 e. The van der Waals surface area contributed by atoms with Crippen LogP contribution < -0.4 is 0 Å². The molecule has 0 aliphatic heterocycles. The highest BCUT2D eigenvalue weighted by atomic mass is 16.6. The van der Waals surface area contributed by atoms with E-state index in [2.05, 4.69) is 81.5 Å². The first-order valence-corrected chi connectivity index (χ1v) is 29.3. The Labute approximate surface area is 421 Å². The van der Waals surface area contributed by atoms with Gasteiger partial charge in [0.15, 0.2) is 6.10 Å². The molecule has 0 saturated carbocycles. The fraction of sp³-hybridized carbons (Fsp3) is 0.790. The molecule has 0 aromatic rings. The van der Waals surface area contributed by atoms with Gasteiger partial charge in [-0.25, -0.2) is 0 Å². The van der Waals surface area contributed by atoms with Crippen molar-refractivity contribution in [1.82, 2.24) is 0 Å². The van der Waals surface area contributed by atoms with Crippen LogP contribution in [0.4, 0.5) is 0 Å². The van der Waals surface area contributed by atoms with Crippen molar-refractivity contribution in [2.45, 2.75) is 303 Å². The molecular weight excluding hydrogens is 841 g/mol. The van der Waals surface area contributed by atoms with Gasteiger partial charge in [0.05, 0.1) is 0 Å². The summed E-state index contributed by atoms with van der Waals surface area (Å²) in [5.74, 6) is -0.899. The molecule has 0 saturated heterocycles. The predicted molar refractivity (Wildman–Crippen MR) is 293 cm³/mol. The average Bonchev–Trinajstić information content (AvgIpc) is 3.34. The van der Waals surface area contributed by atoms with Gasteiger partial charge < -0.3 is 14.2 Å². The molecule has 0 aliphatic rings. The van der Waals surface area contributed by atoms with Gasteiger partial charge in [0.25, 0.3) is 0 Å². The smallest absolute Gasteiger partial charge is 0.306 e. The van der Waals surface area contributed by atoms with Crippen molar-refractivity contribution in [3.63, 3.8) is 0 Å². The van der Waals surface area contributed by atoms with Crippen LogP contribution in [0.3, 0.4) is 0 Å². The van der Waals surface area contributed by atoms with Gasteiger partial charge in [0.1, 0.15) is 13.2 Å². The molecule has 0 aromatic heterocycles. The van der Waals surface area contributed by atoms with Crippen molar-refractivity contribution in [3.05, 3.63) is 60.8 Å². The summed E-state index contributed by atoms with van der Waals surface area (Å²) in [4.78, 5) is 38.0. The molecule has 6 heteroatoms. The summed E-state index contributed by atoms with van der Waals surface area (Å²) in [5.41, 5.74) is 0. The number of carbonyl (C=O) groups is 3. The van der Waals surface area contributed by atoms with Crippen LogP contribution in [0.2, 0.25) is 0 Å². The number of hydrogen-bond donors (Lipinski definition) is 0. The molecule has 0 aliphatic carbocycles. The monoisotopic (exact) mass is 951 g/mol. The molecule has 68 heavy (non-hydrogen) atoms. The molecule has 0 heterocycles. The molecule has 6 nitrogen and oxygen atoms in total. The Kier molecular flexibility index (Phi) is 54.3. The minimum atomic E-state index is -0.783. The van der Waals surface area contributed by atoms with Crippen molar-refractivity contribution in [1.29, 1.82) is 0 Å². The molecule has 394 valence electrons. The van der Waals surface area contributed by atoms with Crippen LogP contribution in [0.5, 0.6) is 0 Å². The number of carbonyl (C=O) groups excluding carboxylic acids is 3. The largest absolute Gasteiger partial charge is 0.462 e. The first-order valence-electron chi connectivity index (χ1n) is 29.3. The highest BCUT2D eigenvalue weighted by Gasteiger charge is 2.19. The Bertz CT molecular complexity index is 1230. The zero-order valence-electron chi connectivity index (χ0n) is 45.1. The minimum Gasteiger partial charge on any atom is -0.462 e. The SMILES string of the molecule is CCC/C=C\C/C=C\CCCCCCCC(=O)OC(COC(=O)CCCCCCC/C=C\CCC)COC(=O)CCCCCCCCCCCCCCCCC/C=C\C/C=C\CCCCCCC. The van der Waals surface area contributed by atoms with Crippen molar-refractivity contribution >= 4 is 17.9 Å². The molecule has 0 rings (SSSR count). The van der Waals surface area contributed by atoms with Gasteiger partial charge in [-0.2, -0.15) is 0 Å². The summed E-state index contributed by atoms with van der Waals surface area (Å²) in [6, 6.07) is 0. The van der Waals surface area contributed by atoms with Gasteiger partial charge in [0, 0.05) is 19.3 Å².